The van der Waals surface area contributed by atoms with Gasteiger partial charge in [0.25, 0.3) is 5.91 Å². The van der Waals surface area contributed by atoms with Gasteiger partial charge in [-0.3, -0.25) is 4.79 Å². The van der Waals surface area contributed by atoms with E-state index in [9.17, 15) is 9.59 Å². The molecule has 0 N–H and O–H groups in total. The van der Waals surface area contributed by atoms with E-state index in [1.165, 1.54) is 16.3 Å². The third-order valence-electron chi connectivity index (χ3n) is 5.21. The first kappa shape index (κ1) is 19.4. The second kappa shape index (κ2) is 8.21. The molecule has 1 fully saturated rings. The molecule has 0 unspecified atom stereocenters. The van der Waals surface area contributed by atoms with Crippen LogP contribution < -0.4 is 0 Å². The number of fused-ring (bicyclic) bond motifs is 1. The molecule has 0 saturated carbocycles. The number of benzene rings is 1. The van der Waals surface area contributed by atoms with Gasteiger partial charge < -0.3 is 9.64 Å². The number of esters is 1. The van der Waals surface area contributed by atoms with Crippen molar-refractivity contribution in [1.29, 1.82) is 0 Å². The average molecular weight is 413 g/mol. The van der Waals surface area contributed by atoms with Gasteiger partial charge in [0.05, 0.1) is 12.2 Å². The molecule has 0 radical (unpaired) electrons. The minimum Gasteiger partial charge on any atom is -0.462 e. The smallest absolute Gasteiger partial charge is 0.345 e. The summed E-state index contributed by atoms with van der Waals surface area (Å²) in [5, 5.41) is 4.11. The lowest BCUT2D eigenvalue weighted by Crippen LogP contribution is -2.38. The standard InChI is InChI=1S/C21H21ClN4O3/c1-2-29-21(28)17-18(22)24-26-13-16(12-23-19(17)26)20(27)25-10-8-15(9-11-25)14-6-4-3-5-7-14/h3-7,12-13,15H,2,8-11H2,1H3. The average Bonchev–Trinajstić information content (AvgIpc) is 3.09. The van der Waals surface area contributed by atoms with Crippen LogP contribution in [-0.4, -0.2) is 51.1 Å². The predicted octanol–water partition coefficient (Wildman–Crippen LogP) is 3.58. The molecule has 4 rings (SSSR count). The van der Waals surface area contributed by atoms with Crippen LogP contribution in [0.3, 0.4) is 0 Å². The molecule has 2 aromatic heterocycles. The molecule has 1 aliphatic rings. The normalized spacial score (nSPS) is 14.9. The van der Waals surface area contributed by atoms with Crippen molar-refractivity contribution in [2.24, 2.45) is 0 Å². The van der Waals surface area contributed by atoms with Crippen molar-refractivity contribution in [2.75, 3.05) is 19.7 Å². The molecule has 150 valence electrons. The van der Waals surface area contributed by atoms with Gasteiger partial charge in [0.1, 0.15) is 5.56 Å². The van der Waals surface area contributed by atoms with Gasteiger partial charge in [-0.15, -0.1) is 0 Å². The van der Waals surface area contributed by atoms with Crippen LogP contribution in [-0.2, 0) is 4.74 Å². The minimum atomic E-state index is -0.581. The fourth-order valence-electron chi connectivity index (χ4n) is 3.72. The number of hydrogen-bond donors (Lipinski definition) is 0. The fourth-order valence-corrected chi connectivity index (χ4v) is 3.96. The SMILES string of the molecule is CCOC(=O)c1c(Cl)nn2cc(C(=O)N3CCC(c4ccccc4)CC3)cnc12. The summed E-state index contributed by atoms with van der Waals surface area (Å²) in [6, 6.07) is 10.4. The summed E-state index contributed by atoms with van der Waals surface area (Å²) in [7, 11) is 0. The molecule has 1 aromatic carbocycles. The lowest BCUT2D eigenvalue weighted by atomic mass is 9.89. The zero-order valence-corrected chi connectivity index (χ0v) is 16.8. The first-order valence-corrected chi connectivity index (χ1v) is 10.0. The molecule has 1 amide bonds. The van der Waals surface area contributed by atoms with Crippen molar-refractivity contribution in [3.05, 3.63) is 64.6 Å². The third kappa shape index (κ3) is 3.82. The van der Waals surface area contributed by atoms with Crippen molar-refractivity contribution < 1.29 is 14.3 Å². The number of likely N-dealkylation sites (tertiary alicyclic amines) is 1. The lowest BCUT2D eigenvalue weighted by molar-refractivity contribution is 0.0528. The summed E-state index contributed by atoms with van der Waals surface area (Å²) in [5.74, 6) is -0.213. The highest BCUT2D eigenvalue weighted by Crippen LogP contribution is 2.28. The second-order valence-corrected chi connectivity index (χ2v) is 7.33. The highest BCUT2D eigenvalue weighted by molar-refractivity contribution is 6.33. The maximum Gasteiger partial charge on any atom is 0.345 e. The maximum absolute atomic E-state index is 12.9. The van der Waals surface area contributed by atoms with Gasteiger partial charge in [0.15, 0.2) is 10.8 Å². The monoisotopic (exact) mass is 412 g/mol. The number of halogens is 1. The molecule has 3 heterocycles. The summed E-state index contributed by atoms with van der Waals surface area (Å²) >= 11 is 6.08. The van der Waals surface area contributed by atoms with E-state index in [1.807, 2.05) is 23.1 Å². The van der Waals surface area contributed by atoms with Crippen LogP contribution >= 0.6 is 11.6 Å². The highest BCUT2D eigenvalue weighted by Gasteiger charge is 2.26. The van der Waals surface area contributed by atoms with E-state index in [0.29, 0.717) is 24.6 Å². The van der Waals surface area contributed by atoms with Crippen molar-refractivity contribution in [1.82, 2.24) is 19.5 Å². The molecule has 0 aliphatic carbocycles. The van der Waals surface area contributed by atoms with Gasteiger partial charge in [-0.25, -0.2) is 14.3 Å². The molecule has 0 spiro atoms. The number of carbonyl (C=O) groups excluding carboxylic acids is 2. The number of ether oxygens (including phenoxy) is 1. The molecular weight excluding hydrogens is 392 g/mol. The van der Waals surface area contributed by atoms with Crippen LogP contribution in [0.15, 0.2) is 42.7 Å². The Hall–Kier alpha value is -2.93. The van der Waals surface area contributed by atoms with Gasteiger partial charge in [0, 0.05) is 25.5 Å². The molecule has 8 heteroatoms. The first-order valence-electron chi connectivity index (χ1n) is 9.63. The van der Waals surface area contributed by atoms with Crippen LogP contribution in [0.5, 0.6) is 0 Å². The van der Waals surface area contributed by atoms with E-state index >= 15 is 0 Å². The Morgan fingerprint density at radius 2 is 1.93 bits per heavy atom. The largest absolute Gasteiger partial charge is 0.462 e. The number of nitrogens with zero attached hydrogens (tertiary/aromatic N) is 4. The van der Waals surface area contributed by atoms with Crippen LogP contribution in [0, 0.1) is 0 Å². The lowest BCUT2D eigenvalue weighted by Gasteiger charge is -2.32. The Kier molecular flexibility index (Phi) is 5.49. The van der Waals surface area contributed by atoms with E-state index in [4.69, 9.17) is 16.3 Å². The minimum absolute atomic E-state index is 0.00391. The van der Waals surface area contributed by atoms with Gasteiger partial charge >= 0.3 is 5.97 Å². The predicted molar refractivity (Wildman–Crippen MR) is 108 cm³/mol. The van der Waals surface area contributed by atoms with Crippen molar-refractivity contribution in [2.45, 2.75) is 25.7 Å². The van der Waals surface area contributed by atoms with Crippen LogP contribution in [0.2, 0.25) is 5.15 Å². The summed E-state index contributed by atoms with van der Waals surface area (Å²) in [6.45, 7) is 3.30. The van der Waals surface area contributed by atoms with Crippen molar-refractivity contribution >= 4 is 29.1 Å². The van der Waals surface area contributed by atoms with E-state index in [0.717, 1.165) is 12.8 Å². The second-order valence-electron chi connectivity index (χ2n) is 6.97. The molecule has 0 atom stereocenters. The van der Waals surface area contributed by atoms with E-state index in [-0.39, 0.29) is 28.9 Å². The number of rotatable bonds is 4. The molecule has 7 nitrogen and oxygen atoms in total. The van der Waals surface area contributed by atoms with Gasteiger partial charge in [-0.1, -0.05) is 41.9 Å². The summed E-state index contributed by atoms with van der Waals surface area (Å²) in [5.41, 5.74) is 2.11. The molecule has 29 heavy (non-hydrogen) atoms. The van der Waals surface area contributed by atoms with E-state index < -0.39 is 5.97 Å². The number of aromatic nitrogens is 3. The van der Waals surface area contributed by atoms with Gasteiger partial charge in [-0.05, 0) is 31.2 Å². The van der Waals surface area contributed by atoms with Gasteiger partial charge in [0.2, 0.25) is 0 Å². The third-order valence-corrected chi connectivity index (χ3v) is 5.47. The number of hydrogen-bond acceptors (Lipinski definition) is 5. The molecular formula is C21H21ClN4O3. The van der Waals surface area contributed by atoms with Crippen molar-refractivity contribution in [3.63, 3.8) is 0 Å². The van der Waals surface area contributed by atoms with E-state index in [2.05, 4.69) is 22.2 Å². The highest BCUT2D eigenvalue weighted by atomic mass is 35.5. The number of piperidine rings is 1. The fraction of sp³-hybridized carbons (Fsp3) is 0.333. The first-order chi connectivity index (χ1) is 14.1. The Morgan fingerprint density at radius 3 is 2.62 bits per heavy atom. The maximum atomic E-state index is 12.9. The zero-order chi connectivity index (χ0) is 20.4. The Morgan fingerprint density at radius 1 is 1.21 bits per heavy atom. The van der Waals surface area contributed by atoms with E-state index in [1.54, 1.807) is 13.1 Å². The summed E-state index contributed by atoms with van der Waals surface area (Å²) in [6.07, 6.45) is 4.86. The number of amides is 1. The molecule has 1 saturated heterocycles. The van der Waals surface area contributed by atoms with Crippen LogP contribution in [0.1, 0.15) is 52.0 Å². The van der Waals surface area contributed by atoms with Crippen LogP contribution in [0.4, 0.5) is 0 Å². The molecule has 0 bridgehead atoms. The zero-order valence-electron chi connectivity index (χ0n) is 16.0. The van der Waals surface area contributed by atoms with Crippen molar-refractivity contribution in [3.8, 4) is 0 Å². The quantitative estimate of drug-likeness (QED) is 0.612. The summed E-state index contributed by atoms with van der Waals surface area (Å²) in [4.78, 5) is 31.1. The Balaban J connectivity index is 1.50. The Bertz CT molecular complexity index is 1040. The molecule has 3 aromatic rings. The molecule has 1 aliphatic heterocycles. The van der Waals surface area contributed by atoms with Crippen LogP contribution in [0.25, 0.3) is 5.65 Å². The summed E-state index contributed by atoms with van der Waals surface area (Å²) < 4.78 is 6.36. The number of carbonyl (C=O) groups is 2. The van der Waals surface area contributed by atoms with Gasteiger partial charge in [-0.2, -0.15) is 5.10 Å². The topological polar surface area (TPSA) is 76.8 Å². The Labute approximate surface area is 173 Å².